The van der Waals surface area contributed by atoms with Crippen molar-refractivity contribution in [3.05, 3.63) is 48.3 Å². The fourth-order valence-electron chi connectivity index (χ4n) is 0.731. The van der Waals surface area contributed by atoms with Crippen LogP contribution in [0.25, 0.3) is 5.41 Å². The summed E-state index contributed by atoms with van der Waals surface area (Å²) in [6.07, 6.45) is 10.8. The fourth-order valence-corrected chi connectivity index (χ4v) is 0.731. The standard InChI is InChI=1S/C11H14N.Li/c1-4-7-11(10(2)3)8-5-6-9-12;/h4,6-10H,1H2,2-3H3;/q-3;+1/b7-4-,11-8+;. The van der Waals surface area contributed by atoms with Crippen LogP contribution in [0.2, 0.25) is 0 Å². The van der Waals surface area contributed by atoms with E-state index in [1.165, 1.54) is 6.08 Å². The second-order valence-electron chi connectivity index (χ2n) is 2.68. The van der Waals surface area contributed by atoms with Gasteiger partial charge >= 0.3 is 18.9 Å². The van der Waals surface area contributed by atoms with Crippen LogP contribution in [0.5, 0.6) is 0 Å². The van der Waals surface area contributed by atoms with Crippen molar-refractivity contribution in [1.29, 1.82) is 0 Å². The minimum Gasteiger partial charge on any atom is -0.878 e. The number of nitrogens with zero attached hydrogens (tertiary/aromatic N) is 1. The van der Waals surface area contributed by atoms with Gasteiger partial charge in [-0.3, -0.25) is 6.08 Å². The molecule has 0 rings (SSSR count). The van der Waals surface area contributed by atoms with Crippen molar-refractivity contribution in [2.75, 3.05) is 0 Å². The molecule has 0 saturated carbocycles. The molecule has 0 aliphatic carbocycles. The first kappa shape index (κ1) is 14.9. The molecule has 0 fully saturated rings. The Balaban J connectivity index is 0. The maximum absolute atomic E-state index is 8.34. The Hall–Kier alpha value is -0.643. The Morgan fingerprint density at radius 1 is 1.46 bits per heavy atom. The minimum atomic E-state index is 0. The van der Waals surface area contributed by atoms with Crippen LogP contribution in [-0.2, 0) is 0 Å². The second kappa shape index (κ2) is 9.45. The van der Waals surface area contributed by atoms with Crippen LogP contribution in [0.15, 0.2) is 29.9 Å². The van der Waals surface area contributed by atoms with Crippen LogP contribution in [0, 0.1) is 18.9 Å². The molecule has 13 heavy (non-hydrogen) atoms. The average Bonchev–Trinajstić information content (AvgIpc) is 2.03. The zero-order valence-electron chi connectivity index (χ0n) is 8.62. The SMILES string of the molecule is [CH2-]/C=C\C(=C/[C-]=CC=[N-])C(C)C.[Li+]. The maximum Gasteiger partial charge on any atom is 1.00 e. The van der Waals surface area contributed by atoms with E-state index in [-0.39, 0.29) is 18.9 Å². The van der Waals surface area contributed by atoms with Gasteiger partial charge in [0.2, 0.25) is 0 Å². The molecule has 0 unspecified atom stereocenters. The zero-order chi connectivity index (χ0) is 9.40. The third-order valence-electron chi connectivity index (χ3n) is 1.40. The van der Waals surface area contributed by atoms with Gasteiger partial charge in [0, 0.05) is 0 Å². The molecule has 0 N–H and O–H groups in total. The molecule has 0 aliphatic rings. The molecule has 0 amide bonds. The van der Waals surface area contributed by atoms with Gasteiger partial charge in [-0.15, -0.1) is 0 Å². The van der Waals surface area contributed by atoms with E-state index in [1.807, 2.05) is 12.2 Å². The van der Waals surface area contributed by atoms with Gasteiger partial charge in [0.1, 0.15) is 0 Å². The van der Waals surface area contributed by atoms with E-state index in [1.54, 1.807) is 6.08 Å². The summed E-state index contributed by atoms with van der Waals surface area (Å²) in [4.78, 5) is 0. The third-order valence-corrected chi connectivity index (χ3v) is 1.40. The monoisotopic (exact) mass is 167 g/mol. The molecule has 0 heterocycles. The molecule has 0 aromatic carbocycles. The summed E-state index contributed by atoms with van der Waals surface area (Å²) in [6.45, 7) is 7.81. The molecule has 0 spiro atoms. The molecule has 0 saturated heterocycles. The minimum absolute atomic E-state index is 0. The molecule has 2 heteroatoms. The van der Waals surface area contributed by atoms with E-state index >= 15 is 0 Å². The normalized spacial score (nSPS) is 12.4. The van der Waals surface area contributed by atoms with Crippen molar-refractivity contribution in [2.45, 2.75) is 13.8 Å². The zero-order valence-corrected chi connectivity index (χ0v) is 8.62. The summed E-state index contributed by atoms with van der Waals surface area (Å²) in [5.41, 5.74) is 1.14. The molecule has 66 valence electrons. The Morgan fingerprint density at radius 3 is 2.46 bits per heavy atom. The van der Waals surface area contributed by atoms with Crippen molar-refractivity contribution in [2.24, 2.45) is 5.92 Å². The molecule has 0 aromatic rings. The predicted octanol–water partition coefficient (Wildman–Crippen LogP) is -0.0373. The number of rotatable bonds is 4. The van der Waals surface area contributed by atoms with Gasteiger partial charge in [-0.2, -0.15) is 12.2 Å². The Kier molecular flexibility index (Phi) is 10.8. The second-order valence-corrected chi connectivity index (χ2v) is 2.68. The van der Waals surface area contributed by atoms with Crippen molar-refractivity contribution in [1.82, 2.24) is 0 Å². The van der Waals surface area contributed by atoms with E-state index in [9.17, 15) is 0 Å². The first-order valence-electron chi connectivity index (χ1n) is 3.93. The van der Waals surface area contributed by atoms with Crippen molar-refractivity contribution in [3.8, 4) is 0 Å². The molecule has 0 aromatic heterocycles. The summed E-state index contributed by atoms with van der Waals surface area (Å²) >= 11 is 0. The molecule has 0 bridgehead atoms. The van der Waals surface area contributed by atoms with Gasteiger partial charge < -0.3 is 11.6 Å². The Bertz CT molecular complexity index is 212. The quantitative estimate of drug-likeness (QED) is 0.243. The van der Waals surface area contributed by atoms with Gasteiger partial charge in [0.05, 0.1) is 0 Å². The molecule has 0 aliphatic heterocycles. The summed E-state index contributed by atoms with van der Waals surface area (Å²) in [5.74, 6) is 0.447. The van der Waals surface area contributed by atoms with Gasteiger partial charge in [0.15, 0.2) is 0 Å². The molecule has 1 nitrogen and oxygen atoms in total. The molecule has 0 atom stereocenters. The molecule has 0 radical (unpaired) electrons. The summed E-state index contributed by atoms with van der Waals surface area (Å²) in [5, 5.41) is 8.34. The third kappa shape index (κ3) is 7.71. The number of hydrogen-bond acceptors (Lipinski definition) is 0. The van der Waals surface area contributed by atoms with Crippen LogP contribution in [0.4, 0.5) is 0 Å². The van der Waals surface area contributed by atoms with Crippen LogP contribution in [0.3, 0.4) is 0 Å². The number of hydrogen-bond donors (Lipinski definition) is 0. The van der Waals surface area contributed by atoms with E-state index in [4.69, 9.17) is 5.41 Å². The topological polar surface area (TPSA) is 22.3 Å². The largest absolute Gasteiger partial charge is 1.00 e. The van der Waals surface area contributed by atoms with E-state index in [0.717, 1.165) is 11.8 Å². The van der Waals surface area contributed by atoms with Crippen molar-refractivity contribution < 1.29 is 18.9 Å². The maximum atomic E-state index is 8.34. The first-order valence-corrected chi connectivity index (χ1v) is 3.93. The predicted molar refractivity (Wildman–Crippen MR) is 54.7 cm³/mol. The van der Waals surface area contributed by atoms with Crippen LogP contribution >= 0.6 is 0 Å². The van der Waals surface area contributed by atoms with Crippen LogP contribution < -0.4 is 18.9 Å². The summed E-state index contributed by atoms with van der Waals surface area (Å²) in [7, 11) is 0. The smallest absolute Gasteiger partial charge is 0.878 e. The Morgan fingerprint density at radius 2 is 2.08 bits per heavy atom. The molecular weight excluding hydrogens is 153 g/mol. The molecular formula is C11H14LiN-2. The van der Waals surface area contributed by atoms with Gasteiger partial charge in [-0.05, 0) is 0 Å². The summed E-state index contributed by atoms with van der Waals surface area (Å²) < 4.78 is 0. The van der Waals surface area contributed by atoms with Crippen molar-refractivity contribution >= 4 is 6.21 Å². The average molecular weight is 167 g/mol. The van der Waals surface area contributed by atoms with E-state index in [0.29, 0.717) is 5.92 Å². The van der Waals surface area contributed by atoms with E-state index < -0.39 is 0 Å². The summed E-state index contributed by atoms with van der Waals surface area (Å²) in [6, 6.07) is 0. The first-order chi connectivity index (χ1) is 5.72. The van der Waals surface area contributed by atoms with Crippen molar-refractivity contribution in [3.63, 3.8) is 0 Å². The van der Waals surface area contributed by atoms with Crippen LogP contribution in [-0.4, -0.2) is 6.21 Å². The number of allylic oxidation sites excluding steroid dienone is 6. The van der Waals surface area contributed by atoms with Gasteiger partial charge in [-0.1, -0.05) is 19.8 Å². The Labute approximate surface area is 93.3 Å². The van der Waals surface area contributed by atoms with Crippen LogP contribution in [0.1, 0.15) is 13.8 Å². The van der Waals surface area contributed by atoms with Gasteiger partial charge in [0.25, 0.3) is 0 Å². The van der Waals surface area contributed by atoms with E-state index in [2.05, 4.69) is 26.8 Å². The fraction of sp³-hybridized carbons (Fsp3) is 0.273. The van der Waals surface area contributed by atoms with Gasteiger partial charge in [-0.25, -0.2) is 24.6 Å².